The Hall–Kier alpha value is -1.64. The number of hydrogen-bond donors (Lipinski definition) is 0. The number of rotatable bonds is 3. The number of Topliss-reactive ketones (excluding diaryl/α,β-unsaturated/α-hetero) is 1. The molecule has 3 nitrogen and oxygen atoms in total. The molecule has 0 aliphatic heterocycles. The molecule has 0 aliphatic carbocycles. The first-order valence-corrected chi connectivity index (χ1v) is 5.25. The molecule has 1 rings (SSSR count). The Kier molecular flexibility index (Phi) is 3.82. The molecule has 1 amide bonds. The highest BCUT2D eigenvalue weighted by atomic mass is 16.2. The molecule has 3 heteroatoms. The number of nitrogens with zero attached hydrogens (tertiary/aromatic N) is 1. The molecule has 0 aromatic heterocycles. The van der Waals surface area contributed by atoms with Gasteiger partial charge in [-0.15, -0.1) is 0 Å². The molecular formula is C13H17NO2. The van der Waals surface area contributed by atoms with Crippen molar-refractivity contribution in [3.05, 3.63) is 29.3 Å². The highest BCUT2D eigenvalue weighted by Crippen LogP contribution is 2.20. The number of hydrogen-bond acceptors (Lipinski definition) is 2. The number of aryl methyl sites for hydroxylation is 2. The van der Waals surface area contributed by atoms with Crippen LogP contribution in [-0.2, 0) is 9.59 Å². The number of anilines is 1. The Balaban J connectivity index is 2.91. The normalized spacial score (nSPS) is 10.0. The van der Waals surface area contributed by atoms with Gasteiger partial charge in [-0.3, -0.25) is 9.59 Å². The third kappa shape index (κ3) is 2.92. The van der Waals surface area contributed by atoms with Crippen molar-refractivity contribution >= 4 is 17.4 Å². The number of ketones is 1. The largest absolute Gasteiger partial charge is 0.315 e. The van der Waals surface area contributed by atoms with Crippen LogP contribution in [0.2, 0.25) is 0 Å². The van der Waals surface area contributed by atoms with E-state index in [4.69, 9.17) is 0 Å². The summed E-state index contributed by atoms with van der Waals surface area (Å²) in [4.78, 5) is 24.1. The second kappa shape index (κ2) is 4.92. The first kappa shape index (κ1) is 12.4. The van der Waals surface area contributed by atoms with Gasteiger partial charge in [0.05, 0.1) is 6.42 Å². The lowest BCUT2D eigenvalue weighted by molar-refractivity contribution is -0.125. The van der Waals surface area contributed by atoms with Crippen LogP contribution in [0.15, 0.2) is 18.2 Å². The SMILES string of the molecule is CC(=O)CC(=O)N(C)c1ccc(C)cc1C. The third-order valence-electron chi connectivity index (χ3n) is 2.49. The average molecular weight is 219 g/mol. The van der Waals surface area contributed by atoms with Gasteiger partial charge in [0.25, 0.3) is 0 Å². The van der Waals surface area contributed by atoms with Crippen LogP contribution in [0.4, 0.5) is 5.69 Å². The van der Waals surface area contributed by atoms with Gasteiger partial charge in [0.2, 0.25) is 5.91 Å². The van der Waals surface area contributed by atoms with Crippen LogP contribution < -0.4 is 4.90 Å². The van der Waals surface area contributed by atoms with Gasteiger partial charge in [-0.1, -0.05) is 17.7 Å². The lowest BCUT2D eigenvalue weighted by Gasteiger charge is -2.19. The fourth-order valence-electron chi connectivity index (χ4n) is 1.65. The van der Waals surface area contributed by atoms with Gasteiger partial charge in [0.1, 0.15) is 5.78 Å². The summed E-state index contributed by atoms with van der Waals surface area (Å²) in [5.74, 6) is -0.277. The van der Waals surface area contributed by atoms with Gasteiger partial charge in [-0.05, 0) is 32.4 Å². The van der Waals surface area contributed by atoms with E-state index in [1.165, 1.54) is 11.8 Å². The standard InChI is InChI=1S/C13H17NO2/c1-9-5-6-12(10(2)7-9)14(4)13(16)8-11(3)15/h5-7H,8H2,1-4H3. The van der Waals surface area contributed by atoms with Crippen molar-refractivity contribution in [3.63, 3.8) is 0 Å². The Morgan fingerprint density at radius 3 is 2.38 bits per heavy atom. The van der Waals surface area contributed by atoms with Crippen LogP contribution in [0.1, 0.15) is 24.5 Å². The minimum Gasteiger partial charge on any atom is -0.315 e. The quantitative estimate of drug-likeness (QED) is 0.731. The van der Waals surface area contributed by atoms with E-state index in [1.54, 1.807) is 7.05 Å². The topological polar surface area (TPSA) is 37.4 Å². The van der Waals surface area contributed by atoms with E-state index in [-0.39, 0.29) is 18.1 Å². The fourth-order valence-corrected chi connectivity index (χ4v) is 1.65. The Morgan fingerprint density at radius 1 is 1.25 bits per heavy atom. The summed E-state index contributed by atoms with van der Waals surface area (Å²) in [6.45, 7) is 5.39. The van der Waals surface area contributed by atoms with Crippen LogP contribution in [0.25, 0.3) is 0 Å². The molecule has 0 saturated heterocycles. The van der Waals surface area contributed by atoms with E-state index in [9.17, 15) is 9.59 Å². The molecule has 0 heterocycles. The second-order valence-corrected chi connectivity index (χ2v) is 4.12. The van der Waals surface area contributed by atoms with Crippen molar-refractivity contribution in [1.82, 2.24) is 0 Å². The van der Waals surface area contributed by atoms with Crippen molar-refractivity contribution < 1.29 is 9.59 Å². The van der Waals surface area contributed by atoms with Gasteiger partial charge in [-0.2, -0.15) is 0 Å². The monoisotopic (exact) mass is 219 g/mol. The Morgan fingerprint density at radius 2 is 1.88 bits per heavy atom. The first-order valence-electron chi connectivity index (χ1n) is 5.25. The predicted octanol–water partition coefficient (Wildman–Crippen LogP) is 2.25. The summed E-state index contributed by atoms with van der Waals surface area (Å²) in [5, 5.41) is 0. The summed E-state index contributed by atoms with van der Waals surface area (Å²) in [6.07, 6.45) is -0.0379. The highest BCUT2D eigenvalue weighted by Gasteiger charge is 2.14. The summed E-state index contributed by atoms with van der Waals surface area (Å²) in [7, 11) is 1.70. The average Bonchev–Trinajstić information content (AvgIpc) is 2.15. The minimum absolute atomic E-state index is 0.0379. The van der Waals surface area contributed by atoms with E-state index < -0.39 is 0 Å². The number of benzene rings is 1. The minimum atomic E-state index is -0.167. The molecule has 0 spiro atoms. The van der Waals surface area contributed by atoms with Crippen molar-refractivity contribution in [1.29, 1.82) is 0 Å². The maximum Gasteiger partial charge on any atom is 0.234 e. The molecule has 86 valence electrons. The lowest BCUT2D eigenvalue weighted by Crippen LogP contribution is -2.28. The van der Waals surface area contributed by atoms with E-state index in [1.807, 2.05) is 32.0 Å². The van der Waals surface area contributed by atoms with Crippen LogP contribution in [0, 0.1) is 13.8 Å². The van der Waals surface area contributed by atoms with Crippen LogP contribution in [0.5, 0.6) is 0 Å². The molecule has 0 bridgehead atoms. The van der Waals surface area contributed by atoms with Crippen molar-refractivity contribution in [2.24, 2.45) is 0 Å². The first-order chi connectivity index (χ1) is 7.41. The smallest absolute Gasteiger partial charge is 0.234 e. The molecule has 0 atom stereocenters. The maximum absolute atomic E-state index is 11.7. The molecule has 0 saturated carbocycles. The van der Waals surface area contributed by atoms with Gasteiger partial charge >= 0.3 is 0 Å². The zero-order chi connectivity index (χ0) is 12.3. The molecule has 16 heavy (non-hydrogen) atoms. The maximum atomic E-state index is 11.7. The molecule has 0 radical (unpaired) electrons. The lowest BCUT2D eigenvalue weighted by atomic mass is 10.1. The molecule has 0 unspecified atom stereocenters. The predicted molar refractivity (Wildman–Crippen MR) is 64.6 cm³/mol. The zero-order valence-electron chi connectivity index (χ0n) is 10.2. The fraction of sp³-hybridized carbons (Fsp3) is 0.385. The van der Waals surface area contributed by atoms with E-state index >= 15 is 0 Å². The van der Waals surface area contributed by atoms with E-state index in [2.05, 4.69) is 0 Å². The number of carbonyl (C=O) groups excluding carboxylic acids is 2. The summed E-state index contributed by atoms with van der Waals surface area (Å²) in [6, 6.07) is 5.88. The summed E-state index contributed by atoms with van der Waals surface area (Å²) < 4.78 is 0. The van der Waals surface area contributed by atoms with E-state index in [0.717, 1.165) is 16.8 Å². The Labute approximate surface area is 96.1 Å². The van der Waals surface area contributed by atoms with E-state index in [0.29, 0.717) is 0 Å². The second-order valence-electron chi connectivity index (χ2n) is 4.12. The molecule has 0 N–H and O–H groups in total. The molecule has 1 aromatic rings. The zero-order valence-corrected chi connectivity index (χ0v) is 10.2. The van der Waals surface area contributed by atoms with Crippen molar-refractivity contribution in [2.75, 3.05) is 11.9 Å². The Bertz CT molecular complexity index is 424. The van der Waals surface area contributed by atoms with Crippen molar-refractivity contribution in [3.8, 4) is 0 Å². The molecular weight excluding hydrogens is 202 g/mol. The number of carbonyl (C=O) groups is 2. The summed E-state index contributed by atoms with van der Waals surface area (Å²) in [5.41, 5.74) is 3.06. The van der Waals surface area contributed by atoms with Gasteiger partial charge < -0.3 is 4.90 Å². The van der Waals surface area contributed by atoms with Crippen LogP contribution >= 0.6 is 0 Å². The van der Waals surface area contributed by atoms with Crippen LogP contribution in [-0.4, -0.2) is 18.7 Å². The summed E-state index contributed by atoms with van der Waals surface area (Å²) >= 11 is 0. The van der Waals surface area contributed by atoms with Crippen LogP contribution in [0.3, 0.4) is 0 Å². The van der Waals surface area contributed by atoms with Gasteiger partial charge in [0.15, 0.2) is 0 Å². The van der Waals surface area contributed by atoms with Gasteiger partial charge in [-0.25, -0.2) is 0 Å². The van der Waals surface area contributed by atoms with Crippen molar-refractivity contribution in [2.45, 2.75) is 27.2 Å². The van der Waals surface area contributed by atoms with Gasteiger partial charge in [0, 0.05) is 12.7 Å². The highest BCUT2D eigenvalue weighted by molar-refractivity contribution is 6.04. The molecule has 0 fully saturated rings. The molecule has 1 aromatic carbocycles. The molecule has 0 aliphatic rings. The third-order valence-corrected chi connectivity index (χ3v) is 2.49. The number of amides is 1.